The Morgan fingerprint density at radius 1 is 0.472 bits per heavy atom. The summed E-state index contributed by atoms with van der Waals surface area (Å²) >= 11 is 4.35. The van der Waals surface area contributed by atoms with Crippen molar-refractivity contribution in [2.45, 2.75) is 180 Å². The third kappa shape index (κ3) is 27.3. The Labute approximate surface area is 233 Å². The van der Waals surface area contributed by atoms with E-state index in [9.17, 15) is 10.2 Å². The van der Waals surface area contributed by atoms with E-state index in [2.05, 4.69) is 31.4 Å². The molecule has 0 rings (SSSR count). The first-order valence-corrected chi connectivity index (χ1v) is 17.0. The Kier molecular flexibility index (Phi) is 30.0. The Morgan fingerprint density at radius 2 is 0.806 bits per heavy atom. The predicted molar refractivity (Wildman–Crippen MR) is 164 cm³/mol. The van der Waals surface area contributed by atoms with Crippen LogP contribution in [0.3, 0.4) is 0 Å². The van der Waals surface area contributed by atoms with Crippen molar-refractivity contribution >= 4 is 12.6 Å². The molecule has 2 N–H and O–H groups in total. The molecule has 0 saturated heterocycles. The second kappa shape index (κ2) is 29.8. The first kappa shape index (κ1) is 36.2. The lowest BCUT2D eigenvalue weighted by atomic mass is 10.0. The molecule has 0 fully saturated rings. The lowest BCUT2D eigenvalue weighted by molar-refractivity contribution is 0.0599. The van der Waals surface area contributed by atoms with E-state index in [1.165, 1.54) is 116 Å². The standard InChI is InChI=1S/C32H67NO2S/c1-3-5-7-9-11-13-15-17-19-21-25-31(34)29-33(27-23-24-28-36)30-32(35)26-22-20-18-16-14-12-10-8-6-4-2/h31-32,34-36H,3-30H2,1-2H3. The van der Waals surface area contributed by atoms with Crippen molar-refractivity contribution in [1.29, 1.82) is 0 Å². The van der Waals surface area contributed by atoms with E-state index in [1.54, 1.807) is 0 Å². The fourth-order valence-corrected chi connectivity index (χ4v) is 5.44. The van der Waals surface area contributed by atoms with Gasteiger partial charge in [-0.1, -0.05) is 142 Å². The molecular formula is C32H67NO2S. The Balaban J connectivity index is 3.91. The molecule has 0 spiro atoms. The summed E-state index contributed by atoms with van der Waals surface area (Å²) < 4.78 is 0. The molecule has 0 saturated carbocycles. The molecular weight excluding hydrogens is 462 g/mol. The van der Waals surface area contributed by atoms with Gasteiger partial charge in [0.2, 0.25) is 0 Å². The third-order valence-corrected chi connectivity index (χ3v) is 7.92. The molecule has 0 aliphatic rings. The maximum atomic E-state index is 10.6. The van der Waals surface area contributed by atoms with Gasteiger partial charge >= 0.3 is 0 Å². The number of unbranched alkanes of at least 4 members (excludes halogenated alkanes) is 19. The molecule has 0 amide bonds. The minimum Gasteiger partial charge on any atom is -0.392 e. The summed E-state index contributed by atoms with van der Waals surface area (Å²) in [7, 11) is 0. The van der Waals surface area contributed by atoms with Crippen LogP contribution >= 0.6 is 12.6 Å². The monoisotopic (exact) mass is 529 g/mol. The van der Waals surface area contributed by atoms with E-state index in [1.807, 2.05) is 0 Å². The lowest BCUT2D eigenvalue weighted by Gasteiger charge is -2.27. The van der Waals surface area contributed by atoms with E-state index in [0.717, 1.165) is 50.8 Å². The van der Waals surface area contributed by atoms with Gasteiger partial charge in [-0.15, -0.1) is 0 Å². The Morgan fingerprint density at radius 3 is 1.14 bits per heavy atom. The number of aliphatic hydroxyl groups excluding tert-OH is 2. The van der Waals surface area contributed by atoms with Crippen molar-refractivity contribution in [3.8, 4) is 0 Å². The zero-order valence-electron chi connectivity index (χ0n) is 24.7. The summed E-state index contributed by atoms with van der Waals surface area (Å²) in [5, 5.41) is 21.3. The van der Waals surface area contributed by atoms with Crippen LogP contribution in [0.25, 0.3) is 0 Å². The second-order valence-corrected chi connectivity index (χ2v) is 11.9. The van der Waals surface area contributed by atoms with Gasteiger partial charge in [0.1, 0.15) is 0 Å². The van der Waals surface area contributed by atoms with Gasteiger partial charge in [-0.05, 0) is 38.0 Å². The Hall–Kier alpha value is 0.230. The fraction of sp³-hybridized carbons (Fsp3) is 1.00. The Bertz CT molecular complexity index is 378. The largest absolute Gasteiger partial charge is 0.392 e. The smallest absolute Gasteiger partial charge is 0.0667 e. The average Bonchev–Trinajstić information content (AvgIpc) is 2.86. The van der Waals surface area contributed by atoms with Crippen molar-refractivity contribution in [1.82, 2.24) is 4.90 Å². The highest BCUT2D eigenvalue weighted by atomic mass is 32.1. The van der Waals surface area contributed by atoms with Gasteiger partial charge < -0.3 is 10.2 Å². The van der Waals surface area contributed by atoms with Crippen LogP contribution in [0.4, 0.5) is 0 Å². The zero-order chi connectivity index (χ0) is 26.5. The van der Waals surface area contributed by atoms with Gasteiger partial charge in [-0.2, -0.15) is 12.6 Å². The molecule has 0 aromatic heterocycles. The maximum absolute atomic E-state index is 10.6. The van der Waals surface area contributed by atoms with E-state index >= 15 is 0 Å². The molecule has 2 atom stereocenters. The average molecular weight is 530 g/mol. The number of nitrogens with zero attached hydrogens (tertiary/aromatic N) is 1. The molecule has 3 nitrogen and oxygen atoms in total. The van der Waals surface area contributed by atoms with Crippen molar-refractivity contribution < 1.29 is 10.2 Å². The molecule has 0 aromatic carbocycles. The number of rotatable bonds is 30. The maximum Gasteiger partial charge on any atom is 0.0667 e. The minimum absolute atomic E-state index is 0.264. The van der Waals surface area contributed by atoms with Gasteiger partial charge in [0.15, 0.2) is 0 Å². The number of aliphatic hydroxyl groups is 2. The van der Waals surface area contributed by atoms with Crippen LogP contribution < -0.4 is 0 Å². The van der Waals surface area contributed by atoms with Crippen molar-refractivity contribution in [3.05, 3.63) is 0 Å². The molecule has 2 unspecified atom stereocenters. The molecule has 0 aliphatic carbocycles. The number of hydrogen-bond donors (Lipinski definition) is 3. The summed E-state index contributed by atoms with van der Waals surface area (Å²) in [5.41, 5.74) is 0. The van der Waals surface area contributed by atoms with Gasteiger partial charge in [-0.3, -0.25) is 4.90 Å². The molecule has 36 heavy (non-hydrogen) atoms. The highest BCUT2D eigenvalue weighted by molar-refractivity contribution is 7.80. The quantitative estimate of drug-likeness (QED) is 0.0641. The SMILES string of the molecule is CCCCCCCCCCCCC(O)CN(CCCCS)CC(O)CCCCCCCCCCCC. The van der Waals surface area contributed by atoms with Crippen LogP contribution in [0.5, 0.6) is 0 Å². The summed E-state index contributed by atoms with van der Waals surface area (Å²) in [6.45, 7) is 6.93. The van der Waals surface area contributed by atoms with Gasteiger partial charge in [0.25, 0.3) is 0 Å². The van der Waals surface area contributed by atoms with Crippen molar-refractivity contribution in [2.24, 2.45) is 0 Å². The third-order valence-electron chi connectivity index (χ3n) is 7.60. The van der Waals surface area contributed by atoms with Crippen LogP contribution in [-0.2, 0) is 0 Å². The predicted octanol–water partition coefficient (Wildman–Crippen LogP) is 9.34. The molecule has 0 bridgehead atoms. The van der Waals surface area contributed by atoms with Gasteiger partial charge in [0.05, 0.1) is 12.2 Å². The second-order valence-electron chi connectivity index (χ2n) is 11.4. The van der Waals surface area contributed by atoms with E-state index in [0.29, 0.717) is 13.1 Å². The molecule has 0 radical (unpaired) electrons. The molecule has 0 heterocycles. The minimum atomic E-state index is -0.264. The van der Waals surface area contributed by atoms with Crippen LogP contribution in [-0.4, -0.2) is 52.7 Å². The van der Waals surface area contributed by atoms with Crippen LogP contribution in [0.1, 0.15) is 168 Å². The van der Waals surface area contributed by atoms with E-state index in [4.69, 9.17) is 0 Å². The molecule has 0 aromatic rings. The summed E-state index contributed by atoms with van der Waals surface area (Å²) in [5.74, 6) is 0.913. The zero-order valence-corrected chi connectivity index (χ0v) is 25.6. The number of thiol groups is 1. The van der Waals surface area contributed by atoms with E-state index < -0.39 is 0 Å². The highest BCUT2D eigenvalue weighted by Crippen LogP contribution is 2.15. The number of hydrogen-bond acceptors (Lipinski definition) is 4. The molecule has 4 heteroatoms. The highest BCUT2D eigenvalue weighted by Gasteiger charge is 2.15. The van der Waals surface area contributed by atoms with E-state index in [-0.39, 0.29) is 12.2 Å². The first-order chi connectivity index (χ1) is 17.6. The topological polar surface area (TPSA) is 43.7 Å². The lowest BCUT2D eigenvalue weighted by Crippen LogP contribution is -2.38. The van der Waals surface area contributed by atoms with Crippen LogP contribution in [0.15, 0.2) is 0 Å². The summed E-state index contributed by atoms with van der Waals surface area (Å²) in [4.78, 5) is 2.31. The first-order valence-electron chi connectivity index (χ1n) is 16.3. The van der Waals surface area contributed by atoms with Crippen LogP contribution in [0, 0.1) is 0 Å². The fourth-order valence-electron chi connectivity index (χ4n) is 5.22. The van der Waals surface area contributed by atoms with Crippen LogP contribution in [0.2, 0.25) is 0 Å². The van der Waals surface area contributed by atoms with Gasteiger partial charge in [-0.25, -0.2) is 0 Å². The summed E-state index contributed by atoms with van der Waals surface area (Å²) in [6.07, 6.45) is 30.1. The summed E-state index contributed by atoms with van der Waals surface area (Å²) in [6, 6.07) is 0. The molecule has 0 aliphatic heterocycles. The molecule has 218 valence electrons. The van der Waals surface area contributed by atoms with Crippen molar-refractivity contribution in [2.75, 3.05) is 25.4 Å². The van der Waals surface area contributed by atoms with Gasteiger partial charge in [0, 0.05) is 13.1 Å². The normalized spacial score (nSPS) is 13.5. The van der Waals surface area contributed by atoms with Crippen molar-refractivity contribution in [3.63, 3.8) is 0 Å².